The van der Waals surface area contributed by atoms with E-state index in [0.717, 1.165) is 38.2 Å². The standard InChI is InChI=1S/C27H26F6O/c1-2-3-16-4-6-17(7-5-16)20-13-22(28)25(23(29)14-20)19-8-10-21-18(12-19)9-11-24(26(21)30)34-15-27(31,32)33/h8-14,16-17H,2-7,15H2,1H3. The molecule has 4 rings (SSSR count). The molecule has 1 aliphatic rings. The predicted molar refractivity (Wildman–Crippen MR) is 120 cm³/mol. The van der Waals surface area contributed by atoms with Crippen LogP contribution in [-0.2, 0) is 0 Å². The van der Waals surface area contributed by atoms with Crippen molar-refractivity contribution in [3.63, 3.8) is 0 Å². The minimum atomic E-state index is -4.60. The molecule has 1 saturated carbocycles. The van der Waals surface area contributed by atoms with Crippen LogP contribution < -0.4 is 4.74 Å². The quantitative estimate of drug-likeness (QED) is 0.320. The van der Waals surface area contributed by atoms with E-state index in [-0.39, 0.29) is 22.4 Å². The maximum Gasteiger partial charge on any atom is 0.422 e. The molecule has 3 aromatic rings. The maximum atomic E-state index is 15.1. The fraction of sp³-hybridized carbons (Fsp3) is 0.407. The molecule has 0 spiro atoms. The molecule has 3 aromatic carbocycles. The van der Waals surface area contributed by atoms with Gasteiger partial charge in [0.25, 0.3) is 0 Å². The molecule has 1 nitrogen and oxygen atoms in total. The van der Waals surface area contributed by atoms with Gasteiger partial charge in [0.1, 0.15) is 11.6 Å². The number of alkyl halides is 3. The van der Waals surface area contributed by atoms with Gasteiger partial charge in [-0.3, -0.25) is 0 Å². The smallest absolute Gasteiger partial charge is 0.422 e. The van der Waals surface area contributed by atoms with Crippen LogP contribution in [0.5, 0.6) is 5.75 Å². The van der Waals surface area contributed by atoms with E-state index >= 15 is 8.78 Å². The zero-order chi connectivity index (χ0) is 24.5. The number of halogens is 6. The molecule has 0 aliphatic heterocycles. The largest absolute Gasteiger partial charge is 0.481 e. The normalized spacial score (nSPS) is 18.9. The van der Waals surface area contributed by atoms with E-state index in [1.54, 1.807) is 0 Å². The van der Waals surface area contributed by atoms with Crippen molar-refractivity contribution in [3.8, 4) is 16.9 Å². The Kier molecular flexibility index (Phi) is 7.10. The van der Waals surface area contributed by atoms with E-state index in [4.69, 9.17) is 0 Å². The van der Waals surface area contributed by atoms with Crippen LogP contribution in [0.4, 0.5) is 26.3 Å². The lowest BCUT2D eigenvalue weighted by molar-refractivity contribution is -0.153. The molecular formula is C27H26F6O. The molecule has 34 heavy (non-hydrogen) atoms. The molecule has 0 N–H and O–H groups in total. The topological polar surface area (TPSA) is 9.23 Å². The summed E-state index contributed by atoms with van der Waals surface area (Å²) in [5, 5.41) is 0.302. The first-order valence-electron chi connectivity index (χ1n) is 11.6. The van der Waals surface area contributed by atoms with Crippen molar-refractivity contribution in [1.29, 1.82) is 0 Å². The first kappa shape index (κ1) is 24.4. The second kappa shape index (κ2) is 9.88. The van der Waals surface area contributed by atoms with Crippen molar-refractivity contribution in [2.45, 2.75) is 57.5 Å². The summed E-state index contributed by atoms with van der Waals surface area (Å²) in [6, 6.07) is 9.30. The fourth-order valence-corrected chi connectivity index (χ4v) is 5.00. The van der Waals surface area contributed by atoms with Crippen LogP contribution in [0.3, 0.4) is 0 Å². The third-order valence-corrected chi connectivity index (χ3v) is 6.68. The lowest BCUT2D eigenvalue weighted by atomic mass is 9.77. The molecule has 182 valence electrons. The van der Waals surface area contributed by atoms with Crippen LogP contribution in [0.15, 0.2) is 42.5 Å². The highest BCUT2D eigenvalue weighted by molar-refractivity contribution is 5.89. The Hall–Kier alpha value is -2.70. The Morgan fingerprint density at radius 2 is 1.56 bits per heavy atom. The highest BCUT2D eigenvalue weighted by atomic mass is 19.4. The predicted octanol–water partition coefficient (Wildman–Crippen LogP) is 8.94. The number of benzene rings is 3. The molecule has 0 radical (unpaired) electrons. The minimum Gasteiger partial charge on any atom is -0.481 e. The third kappa shape index (κ3) is 5.34. The number of ether oxygens (including phenoxy) is 1. The van der Waals surface area contributed by atoms with Crippen molar-refractivity contribution < 1.29 is 31.1 Å². The van der Waals surface area contributed by atoms with Gasteiger partial charge in [-0.15, -0.1) is 0 Å². The zero-order valence-corrected chi connectivity index (χ0v) is 18.8. The van der Waals surface area contributed by atoms with Gasteiger partial charge in [-0.05, 0) is 78.3 Å². The number of rotatable bonds is 6. The van der Waals surface area contributed by atoms with Crippen LogP contribution in [0, 0.1) is 23.4 Å². The fourth-order valence-electron chi connectivity index (χ4n) is 5.00. The van der Waals surface area contributed by atoms with E-state index in [2.05, 4.69) is 11.7 Å². The highest BCUT2D eigenvalue weighted by Crippen LogP contribution is 2.40. The van der Waals surface area contributed by atoms with Crippen molar-refractivity contribution in [3.05, 3.63) is 65.5 Å². The molecule has 0 saturated heterocycles. The first-order chi connectivity index (χ1) is 16.2. The number of fused-ring (bicyclic) bond motifs is 1. The van der Waals surface area contributed by atoms with Gasteiger partial charge in [-0.25, -0.2) is 13.2 Å². The Bertz CT molecular complexity index is 1140. The lowest BCUT2D eigenvalue weighted by Crippen LogP contribution is -2.19. The van der Waals surface area contributed by atoms with Gasteiger partial charge < -0.3 is 4.74 Å². The summed E-state index contributed by atoms with van der Waals surface area (Å²) in [6.45, 7) is 0.550. The van der Waals surface area contributed by atoms with E-state index in [9.17, 15) is 17.6 Å². The van der Waals surface area contributed by atoms with E-state index in [0.29, 0.717) is 16.9 Å². The molecule has 7 heteroatoms. The first-order valence-corrected chi connectivity index (χ1v) is 11.6. The highest BCUT2D eigenvalue weighted by Gasteiger charge is 2.29. The summed E-state index contributed by atoms with van der Waals surface area (Å²) in [4.78, 5) is 0. The Labute approximate surface area is 194 Å². The van der Waals surface area contributed by atoms with Gasteiger partial charge >= 0.3 is 6.18 Å². The van der Waals surface area contributed by atoms with Crippen LogP contribution in [0.25, 0.3) is 21.9 Å². The zero-order valence-electron chi connectivity index (χ0n) is 18.8. The molecular weight excluding hydrogens is 454 g/mol. The Morgan fingerprint density at radius 1 is 0.882 bits per heavy atom. The van der Waals surface area contributed by atoms with Crippen molar-refractivity contribution in [2.24, 2.45) is 5.92 Å². The molecule has 0 atom stereocenters. The molecule has 0 heterocycles. The number of hydrogen-bond donors (Lipinski definition) is 0. The Balaban J connectivity index is 1.59. The average molecular weight is 480 g/mol. The van der Waals surface area contributed by atoms with E-state index in [1.165, 1.54) is 42.8 Å². The molecule has 0 amide bonds. The summed E-state index contributed by atoms with van der Waals surface area (Å²) in [7, 11) is 0. The summed E-state index contributed by atoms with van der Waals surface area (Å²) < 4.78 is 86.4. The minimum absolute atomic E-state index is 0.00435. The monoisotopic (exact) mass is 480 g/mol. The van der Waals surface area contributed by atoms with Crippen LogP contribution in [0.1, 0.15) is 56.9 Å². The summed E-state index contributed by atoms with van der Waals surface area (Å²) in [5.74, 6) is -2.04. The van der Waals surface area contributed by atoms with Crippen molar-refractivity contribution in [2.75, 3.05) is 6.61 Å². The second-order valence-electron chi connectivity index (χ2n) is 9.08. The van der Waals surface area contributed by atoms with Crippen LogP contribution in [0.2, 0.25) is 0 Å². The lowest BCUT2D eigenvalue weighted by Gasteiger charge is -2.29. The molecule has 0 aromatic heterocycles. The van der Waals surface area contributed by atoms with Gasteiger partial charge in [0, 0.05) is 5.39 Å². The van der Waals surface area contributed by atoms with Crippen LogP contribution in [-0.4, -0.2) is 12.8 Å². The van der Waals surface area contributed by atoms with Gasteiger partial charge in [-0.1, -0.05) is 38.0 Å². The SMILES string of the molecule is CCCC1CCC(c2cc(F)c(-c3ccc4c(F)c(OCC(F)(F)F)ccc4c3)c(F)c2)CC1. The number of hydrogen-bond acceptors (Lipinski definition) is 1. The van der Waals surface area contributed by atoms with Crippen molar-refractivity contribution >= 4 is 10.8 Å². The Morgan fingerprint density at radius 3 is 2.18 bits per heavy atom. The van der Waals surface area contributed by atoms with E-state index in [1.807, 2.05) is 0 Å². The van der Waals surface area contributed by atoms with E-state index < -0.39 is 36.0 Å². The molecule has 0 unspecified atom stereocenters. The van der Waals surface area contributed by atoms with Gasteiger partial charge in [-0.2, -0.15) is 13.2 Å². The average Bonchev–Trinajstić information content (AvgIpc) is 2.78. The summed E-state index contributed by atoms with van der Waals surface area (Å²) in [6.07, 6.45) is 1.69. The second-order valence-corrected chi connectivity index (χ2v) is 9.08. The summed E-state index contributed by atoms with van der Waals surface area (Å²) >= 11 is 0. The molecule has 0 bridgehead atoms. The molecule has 1 fully saturated rings. The molecule has 1 aliphatic carbocycles. The van der Waals surface area contributed by atoms with Gasteiger partial charge in [0.05, 0.1) is 5.56 Å². The summed E-state index contributed by atoms with van der Waals surface area (Å²) in [5.41, 5.74) is 0.680. The maximum absolute atomic E-state index is 15.1. The van der Waals surface area contributed by atoms with Crippen LogP contribution >= 0.6 is 0 Å². The third-order valence-electron chi connectivity index (χ3n) is 6.68. The van der Waals surface area contributed by atoms with Gasteiger partial charge in [0.2, 0.25) is 0 Å². The van der Waals surface area contributed by atoms with Crippen molar-refractivity contribution in [1.82, 2.24) is 0 Å². The van der Waals surface area contributed by atoms with Gasteiger partial charge in [0.15, 0.2) is 18.2 Å².